The molecule has 148 valence electrons. The first kappa shape index (κ1) is 20.9. The van der Waals surface area contributed by atoms with Crippen LogP contribution < -0.4 is 10.9 Å². The molecule has 2 unspecified atom stereocenters. The molecule has 1 amide bonds. The van der Waals surface area contributed by atoms with Gasteiger partial charge in [0.2, 0.25) is 5.91 Å². The summed E-state index contributed by atoms with van der Waals surface area (Å²) < 4.78 is 0. The summed E-state index contributed by atoms with van der Waals surface area (Å²) in [5.41, 5.74) is 1.75. The summed E-state index contributed by atoms with van der Waals surface area (Å²) in [5.74, 6) is 0.960. The number of amides is 1. The van der Waals surface area contributed by atoms with Crippen molar-refractivity contribution in [2.75, 3.05) is 0 Å². The average molecular weight is 436 g/mol. The van der Waals surface area contributed by atoms with Crippen LogP contribution in [-0.4, -0.2) is 21.1 Å². The Labute approximate surface area is 176 Å². The van der Waals surface area contributed by atoms with Crippen molar-refractivity contribution in [1.29, 1.82) is 0 Å². The van der Waals surface area contributed by atoms with Gasteiger partial charge in [0.1, 0.15) is 10.7 Å². The quantitative estimate of drug-likeness (QED) is 0.585. The summed E-state index contributed by atoms with van der Waals surface area (Å²) in [6.45, 7) is 7.68. The average Bonchev–Trinajstić information content (AvgIpc) is 2.94. The molecule has 0 spiro atoms. The van der Waals surface area contributed by atoms with E-state index in [9.17, 15) is 9.59 Å². The highest BCUT2D eigenvalue weighted by Gasteiger charge is 2.19. The SMILES string of the molecule is Cc1sc2nc(CSC(C)C(=O)NC(C)c3ccccc3Cl)[nH]c(=O)c2c1C. The first-order valence-electron chi connectivity index (χ1n) is 8.93. The molecule has 0 fully saturated rings. The summed E-state index contributed by atoms with van der Waals surface area (Å²) in [6, 6.07) is 7.29. The van der Waals surface area contributed by atoms with Crippen LogP contribution in [0.15, 0.2) is 29.1 Å². The molecule has 0 aliphatic heterocycles. The number of H-pyrrole nitrogens is 1. The molecule has 0 bridgehead atoms. The Morgan fingerprint density at radius 1 is 1.32 bits per heavy atom. The van der Waals surface area contributed by atoms with Crippen molar-refractivity contribution >= 4 is 50.8 Å². The molecule has 0 radical (unpaired) electrons. The van der Waals surface area contributed by atoms with E-state index in [1.165, 1.54) is 23.1 Å². The Morgan fingerprint density at radius 2 is 2.04 bits per heavy atom. The van der Waals surface area contributed by atoms with Gasteiger partial charge in [0.25, 0.3) is 5.56 Å². The number of halogens is 1. The maximum absolute atomic E-state index is 12.5. The second-order valence-corrected chi connectivity index (χ2v) is 9.62. The molecule has 0 aliphatic rings. The number of carbonyl (C=O) groups excluding carboxylic acids is 1. The number of benzene rings is 1. The minimum atomic E-state index is -0.294. The minimum Gasteiger partial charge on any atom is -0.349 e. The fraction of sp³-hybridized carbons (Fsp3) is 0.350. The van der Waals surface area contributed by atoms with E-state index in [4.69, 9.17) is 11.6 Å². The van der Waals surface area contributed by atoms with E-state index in [0.717, 1.165) is 20.8 Å². The van der Waals surface area contributed by atoms with Crippen LogP contribution in [0.1, 0.15) is 41.7 Å². The van der Waals surface area contributed by atoms with E-state index >= 15 is 0 Å². The molecule has 3 rings (SSSR count). The highest BCUT2D eigenvalue weighted by Crippen LogP contribution is 2.27. The lowest BCUT2D eigenvalue weighted by Gasteiger charge is -2.18. The molecule has 2 aromatic heterocycles. The molecule has 1 aromatic carbocycles. The molecule has 0 saturated heterocycles. The number of thiophene rings is 1. The number of nitrogens with zero attached hydrogens (tertiary/aromatic N) is 1. The Kier molecular flexibility index (Phi) is 6.47. The van der Waals surface area contributed by atoms with E-state index in [-0.39, 0.29) is 22.8 Å². The number of hydrogen-bond donors (Lipinski definition) is 2. The van der Waals surface area contributed by atoms with E-state index < -0.39 is 0 Å². The Bertz CT molecular complexity index is 1080. The van der Waals surface area contributed by atoms with Crippen LogP contribution in [-0.2, 0) is 10.5 Å². The van der Waals surface area contributed by atoms with E-state index in [2.05, 4.69) is 15.3 Å². The number of hydrogen-bond acceptors (Lipinski definition) is 5. The summed E-state index contributed by atoms with van der Waals surface area (Å²) in [5, 5.41) is 3.99. The predicted molar refractivity (Wildman–Crippen MR) is 118 cm³/mol. The van der Waals surface area contributed by atoms with Crippen molar-refractivity contribution in [2.45, 2.75) is 44.7 Å². The third-order valence-electron chi connectivity index (χ3n) is 4.66. The molecule has 0 saturated carbocycles. The van der Waals surface area contributed by atoms with Crippen LogP contribution >= 0.6 is 34.7 Å². The molecule has 8 heteroatoms. The summed E-state index contributed by atoms with van der Waals surface area (Å²) in [6.07, 6.45) is 0. The van der Waals surface area contributed by atoms with Gasteiger partial charge in [-0.3, -0.25) is 9.59 Å². The Hall–Kier alpha value is -1.83. The van der Waals surface area contributed by atoms with Gasteiger partial charge in [-0.2, -0.15) is 0 Å². The molecule has 28 heavy (non-hydrogen) atoms. The number of aryl methyl sites for hydroxylation is 2. The zero-order valence-electron chi connectivity index (χ0n) is 16.1. The topological polar surface area (TPSA) is 74.8 Å². The zero-order valence-corrected chi connectivity index (χ0v) is 18.5. The first-order valence-corrected chi connectivity index (χ1v) is 11.2. The number of carbonyl (C=O) groups is 1. The lowest BCUT2D eigenvalue weighted by atomic mass is 10.1. The number of rotatable bonds is 6. The van der Waals surface area contributed by atoms with E-state index in [1.807, 2.05) is 52.0 Å². The van der Waals surface area contributed by atoms with Gasteiger partial charge in [-0.1, -0.05) is 29.8 Å². The molecule has 0 aliphatic carbocycles. The first-order chi connectivity index (χ1) is 13.3. The fourth-order valence-corrected chi connectivity index (χ4v) is 4.99. The highest BCUT2D eigenvalue weighted by atomic mass is 35.5. The van der Waals surface area contributed by atoms with Crippen LogP contribution in [0.4, 0.5) is 0 Å². The van der Waals surface area contributed by atoms with Gasteiger partial charge in [0.05, 0.1) is 22.4 Å². The molecule has 2 N–H and O–H groups in total. The van der Waals surface area contributed by atoms with Gasteiger partial charge in [-0.15, -0.1) is 23.1 Å². The standard InChI is InChI=1S/C20H22ClN3O2S2/c1-10-12(3)28-20-17(10)19(26)23-16(24-20)9-27-13(4)18(25)22-11(2)14-7-5-6-8-15(14)21/h5-8,11,13H,9H2,1-4H3,(H,22,25)(H,23,24,26). The van der Waals surface area contributed by atoms with Crippen molar-refractivity contribution in [3.8, 4) is 0 Å². The van der Waals surface area contributed by atoms with Crippen molar-refractivity contribution in [3.63, 3.8) is 0 Å². The third kappa shape index (κ3) is 4.42. The lowest BCUT2D eigenvalue weighted by molar-refractivity contribution is -0.120. The normalized spacial score (nSPS) is 13.5. The second-order valence-electron chi connectivity index (χ2n) is 6.68. The molecule has 3 aromatic rings. The second kappa shape index (κ2) is 8.68. The van der Waals surface area contributed by atoms with Crippen LogP contribution in [0, 0.1) is 13.8 Å². The molecule has 2 heterocycles. The number of thioether (sulfide) groups is 1. The summed E-state index contributed by atoms with van der Waals surface area (Å²) in [4.78, 5) is 34.1. The third-order valence-corrected chi connectivity index (χ3v) is 7.26. The molecular weight excluding hydrogens is 414 g/mol. The van der Waals surface area contributed by atoms with Crippen LogP contribution in [0.3, 0.4) is 0 Å². The van der Waals surface area contributed by atoms with Gasteiger partial charge in [0.15, 0.2) is 0 Å². The molecular formula is C20H22ClN3O2S2. The predicted octanol–water partition coefficient (Wildman–Crippen LogP) is 4.75. The van der Waals surface area contributed by atoms with Crippen molar-refractivity contribution in [2.24, 2.45) is 0 Å². The summed E-state index contributed by atoms with van der Waals surface area (Å²) in [7, 11) is 0. The number of aromatic nitrogens is 2. The van der Waals surface area contributed by atoms with Crippen LogP contribution in [0.25, 0.3) is 10.2 Å². The monoisotopic (exact) mass is 435 g/mol. The van der Waals surface area contributed by atoms with E-state index in [1.54, 1.807) is 0 Å². The smallest absolute Gasteiger partial charge is 0.259 e. The molecule has 2 atom stereocenters. The number of aromatic amines is 1. The van der Waals surface area contributed by atoms with Crippen LogP contribution in [0.5, 0.6) is 0 Å². The van der Waals surface area contributed by atoms with Gasteiger partial charge in [-0.05, 0) is 44.9 Å². The van der Waals surface area contributed by atoms with Gasteiger partial charge >= 0.3 is 0 Å². The minimum absolute atomic E-state index is 0.0799. The van der Waals surface area contributed by atoms with E-state index in [0.29, 0.717) is 22.0 Å². The maximum atomic E-state index is 12.5. The van der Waals surface area contributed by atoms with Gasteiger partial charge in [-0.25, -0.2) is 4.98 Å². The highest BCUT2D eigenvalue weighted by molar-refractivity contribution is 7.99. The van der Waals surface area contributed by atoms with Crippen molar-refractivity contribution in [1.82, 2.24) is 15.3 Å². The maximum Gasteiger partial charge on any atom is 0.259 e. The number of fused-ring (bicyclic) bond motifs is 1. The Morgan fingerprint density at radius 3 is 2.75 bits per heavy atom. The van der Waals surface area contributed by atoms with Crippen molar-refractivity contribution in [3.05, 3.63) is 61.5 Å². The van der Waals surface area contributed by atoms with Crippen molar-refractivity contribution < 1.29 is 4.79 Å². The van der Waals surface area contributed by atoms with Gasteiger partial charge in [0, 0.05) is 9.90 Å². The summed E-state index contributed by atoms with van der Waals surface area (Å²) >= 11 is 9.16. The Balaban J connectivity index is 1.64. The zero-order chi connectivity index (χ0) is 20.4. The fourth-order valence-electron chi connectivity index (χ4n) is 2.88. The largest absolute Gasteiger partial charge is 0.349 e. The van der Waals surface area contributed by atoms with Crippen LogP contribution in [0.2, 0.25) is 5.02 Å². The molecule has 5 nitrogen and oxygen atoms in total. The number of nitrogens with one attached hydrogen (secondary N) is 2. The van der Waals surface area contributed by atoms with Gasteiger partial charge < -0.3 is 10.3 Å². The lowest BCUT2D eigenvalue weighted by Crippen LogP contribution is -2.33.